The first-order chi connectivity index (χ1) is 9.18. The molecular formula is C15H13F2NO. The zero-order chi connectivity index (χ0) is 13.7. The lowest BCUT2D eigenvalue weighted by molar-refractivity contribution is -0.129. The van der Waals surface area contributed by atoms with Crippen molar-refractivity contribution < 1.29 is 13.6 Å². The van der Waals surface area contributed by atoms with E-state index in [1.165, 1.54) is 0 Å². The van der Waals surface area contributed by atoms with Gasteiger partial charge in [-0.1, -0.05) is 48.5 Å². The van der Waals surface area contributed by atoms with Gasteiger partial charge in [-0.05, 0) is 17.7 Å². The Morgan fingerprint density at radius 1 is 0.947 bits per heavy atom. The van der Waals surface area contributed by atoms with Crippen LogP contribution >= 0.6 is 0 Å². The zero-order valence-corrected chi connectivity index (χ0v) is 10.2. The summed E-state index contributed by atoms with van der Waals surface area (Å²) in [5.74, 6) is -1.19. The molecule has 2 nitrogen and oxygen atoms in total. The van der Waals surface area contributed by atoms with Crippen molar-refractivity contribution in [1.82, 2.24) is 0 Å². The third-order valence-electron chi connectivity index (χ3n) is 2.70. The third-order valence-corrected chi connectivity index (χ3v) is 2.70. The average molecular weight is 261 g/mol. The summed E-state index contributed by atoms with van der Waals surface area (Å²) in [5.41, 5.74) is 1.28. The lowest BCUT2D eigenvalue weighted by atomic mass is 10.2. The van der Waals surface area contributed by atoms with Gasteiger partial charge in [-0.2, -0.15) is 8.78 Å². The number of amides is 1. The molecule has 0 N–H and O–H groups in total. The van der Waals surface area contributed by atoms with Crippen molar-refractivity contribution in [2.24, 2.45) is 0 Å². The molecule has 0 aliphatic rings. The predicted molar refractivity (Wildman–Crippen MR) is 70.1 cm³/mol. The van der Waals surface area contributed by atoms with Crippen molar-refractivity contribution in [2.75, 3.05) is 4.90 Å². The van der Waals surface area contributed by atoms with E-state index in [0.29, 0.717) is 5.69 Å². The van der Waals surface area contributed by atoms with Crippen molar-refractivity contribution in [1.29, 1.82) is 0 Å². The van der Waals surface area contributed by atoms with Crippen LogP contribution < -0.4 is 4.90 Å². The summed E-state index contributed by atoms with van der Waals surface area (Å²) in [5, 5.41) is 0. The van der Waals surface area contributed by atoms with Gasteiger partial charge in [0.1, 0.15) is 0 Å². The number of para-hydroxylation sites is 1. The predicted octanol–water partition coefficient (Wildman–Crippen LogP) is 3.48. The summed E-state index contributed by atoms with van der Waals surface area (Å²) in [6, 6.07) is 17.5. The van der Waals surface area contributed by atoms with Gasteiger partial charge < -0.3 is 4.90 Å². The standard InChI is InChI=1S/C15H13F2NO/c16-14(17)15(19)18(13-9-5-2-6-10-13)11-12-7-3-1-4-8-12/h1-10,14H,11H2. The van der Waals surface area contributed by atoms with E-state index in [0.717, 1.165) is 10.5 Å². The van der Waals surface area contributed by atoms with Crippen LogP contribution in [0.15, 0.2) is 60.7 Å². The van der Waals surface area contributed by atoms with E-state index in [1.807, 2.05) is 18.2 Å². The first-order valence-electron chi connectivity index (χ1n) is 5.87. The van der Waals surface area contributed by atoms with Crippen molar-refractivity contribution in [3.8, 4) is 0 Å². The molecule has 2 aromatic rings. The number of benzene rings is 2. The highest BCUT2D eigenvalue weighted by Gasteiger charge is 2.24. The van der Waals surface area contributed by atoms with Crippen molar-refractivity contribution in [2.45, 2.75) is 13.0 Å². The number of nitrogens with zero attached hydrogens (tertiary/aromatic N) is 1. The van der Waals surface area contributed by atoms with Gasteiger partial charge >= 0.3 is 6.43 Å². The summed E-state index contributed by atoms with van der Waals surface area (Å²) < 4.78 is 25.4. The Morgan fingerprint density at radius 3 is 2.00 bits per heavy atom. The van der Waals surface area contributed by atoms with Gasteiger partial charge in [-0.25, -0.2) is 0 Å². The SMILES string of the molecule is O=C(C(F)F)N(Cc1ccccc1)c1ccccc1. The molecule has 0 aliphatic heterocycles. The van der Waals surface area contributed by atoms with E-state index in [4.69, 9.17) is 0 Å². The highest BCUT2D eigenvalue weighted by molar-refractivity contribution is 5.95. The van der Waals surface area contributed by atoms with Gasteiger partial charge in [0, 0.05) is 5.69 Å². The van der Waals surface area contributed by atoms with Crippen LogP contribution in [0.25, 0.3) is 0 Å². The molecule has 0 saturated carbocycles. The Bertz CT molecular complexity index is 528. The normalized spacial score (nSPS) is 10.5. The minimum absolute atomic E-state index is 0.133. The molecule has 0 heterocycles. The van der Waals surface area contributed by atoms with E-state index >= 15 is 0 Å². The fourth-order valence-corrected chi connectivity index (χ4v) is 1.79. The largest absolute Gasteiger partial charge is 0.316 e. The smallest absolute Gasteiger partial charge is 0.303 e. The molecule has 0 spiro atoms. The molecule has 98 valence electrons. The van der Waals surface area contributed by atoms with E-state index in [-0.39, 0.29) is 6.54 Å². The minimum Gasteiger partial charge on any atom is -0.303 e. The topological polar surface area (TPSA) is 20.3 Å². The van der Waals surface area contributed by atoms with Crippen molar-refractivity contribution in [3.05, 3.63) is 66.2 Å². The fourth-order valence-electron chi connectivity index (χ4n) is 1.79. The Kier molecular flexibility index (Phi) is 4.23. The van der Waals surface area contributed by atoms with Crippen LogP contribution in [0.4, 0.5) is 14.5 Å². The van der Waals surface area contributed by atoms with E-state index < -0.39 is 12.3 Å². The van der Waals surface area contributed by atoms with Gasteiger partial charge in [0.25, 0.3) is 5.91 Å². The van der Waals surface area contributed by atoms with E-state index in [9.17, 15) is 13.6 Å². The Hall–Kier alpha value is -2.23. The number of alkyl halides is 2. The maximum Gasteiger partial charge on any atom is 0.316 e. The van der Waals surface area contributed by atoms with Gasteiger partial charge in [-0.3, -0.25) is 4.79 Å². The Labute approximate surface area is 110 Å². The van der Waals surface area contributed by atoms with Gasteiger partial charge in [0.05, 0.1) is 6.54 Å². The number of halogens is 2. The molecule has 0 bridgehead atoms. The quantitative estimate of drug-likeness (QED) is 0.825. The molecule has 0 fully saturated rings. The number of hydrogen-bond donors (Lipinski definition) is 0. The lowest BCUT2D eigenvalue weighted by Crippen LogP contribution is -2.35. The van der Waals surface area contributed by atoms with Crippen LogP contribution in [0, 0.1) is 0 Å². The summed E-state index contributed by atoms with van der Waals surface area (Å²) in [6.45, 7) is 0.133. The highest BCUT2D eigenvalue weighted by atomic mass is 19.3. The van der Waals surface area contributed by atoms with Crippen LogP contribution in [0.5, 0.6) is 0 Å². The minimum atomic E-state index is -3.01. The van der Waals surface area contributed by atoms with Gasteiger partial charge in [0.15, 0.2) is 0 Å². The van der Waals surface area contributed by atoms with Crippen molar-refractivity contribution >= 4 is 11.6 Å². The third kappa shape index (κ3) is 3.37. The van der Waals surface area contributed by atoms with E-state index in [2.05, 4.69) is 0 Å². The average Bonchev–Trinajstić information content (AvgIpc) is 2.46. The van der Waals surface area contributed by atoms with Crippen LogP contribution in [0.1, 0.15) is 5.56 Å². The summed E-state index contributed by atoms with van der Waals surface area (Å²) in [4.78, 5) is 12.7. The summed E-state index contributed by atoms with van der Waals surface area (Å²) in [6.07, 6.45) is -3.01. The molecule has 19 heavy (non-hydrogen) atoms. The second-order valence-corrected chi connectivity index (χ2v) is 4.05. The Balaban J connectivity index is 2.28. The maximum absolute atomic E-state index is 12.7. The molecule has 0 saturated heterocycles. The van der Waals surface area contributed by atoms with Crippen LogP contribution in [0.3, 0.4) is 0 Å². The van der Waals surface area contributed by atoms with Gasteiger partial charge in [-0.15, -0.1) is 0 Å². The Morgan fingerprint density at radius 2 is 1.47 bits per heavy atom. The molecule has 2 rings (SSSR count). The molecule has 0 aromatic heterocycles. The molecule has 0 aliphatic carbocycles. The molecule has 0 atom stereocenters. The van der Waals surface area contributed by atoms with Crippen molar-refractivity contribution in [3.63, 3.8) is 0 Å². The number of anilines is 1. The molecular weight excluding hydrogens is 248 g/mol. The zero-order valence-electron chi connectivity index (χ0n) is 10.2. The fraction of sp³-hybridized carbons (Fsp3) is 0.133. The summed E-state index contributed by atoms with van der Waals surface area (Å²) >= 11 is 0. The molecule has 0 radical (unpaired) electrons. The van der Waals surface area contributed by atoms with Crippen LogP contribution in [-0.4, -0.2) is 12.3 Å². The highest BCUT2D eigenvalue weighted by Crippen LogP contribution is 2.19. The van der Waals surface area contributed by atoms with Gasteiger partial charge in [0.2, 0.25) is 0 Å². The second-order valence-electron chi connectivity index (χ2n) is 4.05. The molecule has 0 unspecified atom stereocenters. The van der Waals surface area contributed by atoms with E-state index in [1.54, 1.807) is 42.5 Å². The number of carbonyl (C=O) groups excluding carboxylic acids is 1. The monoisotopic (exact) mass is 261 g/mol. The molecule has 4 heteroatoms. The molecule has 2 aromatic carbocycles. The number of rotatable bonds is 4. The second kappa shape index (κ2) is 6.09. The lowest BCUT2D eigenvalue weighted by Gasteiger charge is -2.22. The van der Waals surface area contributed by atoms with Crippen LogP contribution in [0.2, 0.25) is 0 Å². The number of carbonyl (C=O) groups is 1. The maximum atomic E-state index is 12.7. The first-order valence-corrected chi connectivity index (χ1v) is 5.87. The van der Waals surface area contributed by atoms with Crippen LogP contribution in [-0.2, 0) is 11.3 Å². The first kappa shape index (κ1) is 13.2. The summed E-state index contributed by atoms with van der Waals surface area (Å²) in [7, 11) is 0. The molecule has 1 amide bonds. The number of hydrogen-bond acceptors (Lipinski definition) is 1.